The predicted octanol–water partition coefficient (Wildman–Crippen LogP) is 0.0709. The van der Waals surface area contributed by atoms with Crippen molar-refractivity contribution in [2.45, 2.75) is 24.3 Å². The maximum Gasteiger partial charge on any atom is 0.322 e. The molecule has 1 rings (SSSR count). The largest absolute Gasteiger partial charge is 0.480 e. The Balaban J connectivity index is 2.69. The summed E-state index contributed by atoms with van der Waals surface area (Å²) in [4.78, 5) is 22.0. The van der Waals surface area contributed by atoms with Crippen LogP contribution in [0, 0.1) is 0 Å². The molecule has 0 aliphatic heterocycles. The molecule has 0 radical (unpaired) electrons. The van der Waals surface area contributed by atoms with Gasteiger partial charge in [0.2, 0.25) is 5.91 Å². The Morgan fingerprint density at radius 2 is 1.86 bits per heavy atom. The van der Waals surface area contributed by atoms with Crippen LogP contribution in [-0.4, -0.2) is 37.7 Å². The molecular formula is C13H18N2O5S. The van der Waals surface area contributed by atoms with Gasteiger partial charge in [0, 0.05) is 12.5 Å². The number of hydrogen-bond donors (Lipinski definition) is 3. The average molecular weight is 314 g/mol. The minimum atomic E-state index is -3.27. The van der Waals surface area contributed by atoms with E-state index >= 15 is 0 Å². The molecule has 1 unspecified atom stereocenters. The van der Waals surface area contributed by atoms with Gasteiger partial charge in [-0.25, -0.2) is 8.42 Å². The standard InChI is InChI=1S/C13H18N2O5S/c1-2-21(19,20)10-5-3-9(4-6-10)11(14)7-12(16)15-8-13(17)18/h3-6,11H,2,7-8,14H2,1H3,(H,15,16)(H,17,18). The van der Waals surface area contributed by atoms with Crippen LogP contribution < -0.4 is 11.1 Å². The zero-order valence-electron chi connectivity index (χ0n) is 11.6. The smallest absolute Gasteiger partial charge is 0.322 e. The molecule has 8 heteroatoms. The third-order valence-corrected chi connectivity index (χ3v) is 4.64. The highest BCUT2D eigenvalue weighted by molar-refractivity contribution is 7.91. The van der Waals surface area contributed by atoms with Crippen molar-refractivity contribution in [3.8, 4) is 0 Å². The fourth-order valence-electron chi connectivity index (χ4n) is 1.65. The highest BCUT2D eigenvalue weighted by Gasteiger charge is 2.15. The fourth-order valence-corrected chi connectivity index (χ4v) is 2.54. The van der Waals surface area contributed by atoms with E-state index < -0.39 is 34.3 Å². The first-order chi connectivity index (χ1) is 9.76. The lowest BCUT2D eigenvalue weighted by molar-refractivity contribution is -0.138. The summed E-state index contributed by atoms with van der Waals surface area (Å²) in [5, 5.41) is 10.7. The van der Waals surface area contributed by atoms with E-state index in [1.165, 1.54) is 12.1 Å². The van der Waals surface area contributed by atoms with Gasteiger partial charge in [0.1, 0.15) is 6.54 Å². The quantitative estimate of drug-likeness (QED) is 0.653. The van der Waals surface area contributed by atoms with Crippen molar-refractivity contribution in [3.05, 3.63) is 29.8 Å². The van der Waals surface area contributed by atoms with Gasteiger partial charge in [0.15, 0.2) is 9.84 Å². The fraction of sp³-hybridized carbons (Fsp3) is 0.385. The number of nitrogens with one attached hydrogen (secondary N) is 1. The number of sulfone groups is 1. The van der Waals surface area contributed by atoms with Crippen molar-refractivity contribution >= 4 is 21.7 Å². The summed E-state index contributed by atoms with van der Waals surface area (Å²) in [7, 11) is -3.27. The van der Waals surface area contributed by atoms with Gasteiger partial charge in [-0.15, -0.1) is 0 Å². The van der Waals surface area contributed by atoms with Crippen LogP contribution in [0.1, 0.15) is 24.9 Å². The van der Waals surface area contributed by atoms with Gasteiger partial charge < -0.3 is 16.2 Å². The molecule has 116 valence electrons. The number of carbonyl (C=O) groups is 2. The van der Waals surface area contributed by atoms with Gasteiger partial charge in [-0.1, -0.05) is 19.1 Å². The van der Waals surface area contributed by atoms with Crippen LogP contribution in [0.2, 0.25) is 0 Å². The molecule has 7 nitrogen and oxygen atoms in total. The number of rotatable bonds is 7. The van der Waals surface area contributed by atoms with E-state index in [0.29, 0.717) is 5.56 Å². The Bertz CT molecular complexity index is 610. The van der Waals surface area contributed by atoms with Gasteiger partial charge in [-0.3, -0.25) is 9.59 Å². The van der Waals surface area contributed by atoms with Crippen LogP contribution in [0.15, 0.2) is 29.2 Å². The monoisotopic (exact) mass is 314 g/mol. The van der Waals surface area contributed by atoms with Crippen molar-refractivity contribution in [3.63, 3.8) is 0 Å². The lowest BCUT2D eigenvalue weighted by Crippen LogP contribution is -2.31. The molecule has 0 spiro atoms. The first kappa shape index (κ1) is 17.1. The van der Waals surface area contributed by atoms with E-state index in [4.69, 9.17) is 10.8 Å². The molecule has 0 aromatic heterocycles. The number of carbonyl (C=O) groups excluding carboxylic acids is 1. The molecule has 1 aromatic rings. The van der Waals surface area contributed by atoms with Crippen LogP contribution in [0.5, 0.6) is 0 Å². The normalized spacial score (nSPS) is 12.7. The molecule has 0 bridgehead atoms. The molecule has 1 aromatic carbocycles. The van der Waals surface area contributed by atoms with Gasteiger partial charge in [-0.05, 0) is 17.7 Å². The van der Waals surface area contributed by atoms with Crippen LogP contribution in [0.25, 0.3) is 0 Å². The molecule has 0 aliphatic carbocycles. The SMILES string of the molecule is CCS(=O)(=O)c1ccc(C(N)CC(=O)NCC(=O)O)cc1. The molecule has 0 aliphatic rings. The first-order valence-corrected chi connectivity index (χ1v) is 7.98. The Morgan fingerprint density at radius 3 is 2.33 bits per heavy atom. The summed E-state index contributed by atoms with van der Waals surface area (Å²) in [6, 6.07) is 5.37. The Morgan fingerprint density at radius 1 is 1.29 bits per heavy atom. The van der Waals surface area contributed by atoms with E-state index in [1.807, 2.05) is 0 Å². The molecule has 0 saturated carbocycles. The van der Waals surface area contributed by atoms with Crippen molar-refractivity contribution in [2.75, 3.05) is 12.3 Å². The maximum atomic E-state index is 11.7. The van der Waals surface area contributed by atoms with Crippen molar-refractivity contribution in [1.29, 1.82) is 0 Å². The minimum absolute atomic E-state index is 0.00992. The summed E-state index contributed by atoms with van der Waals surface area (Å²) in [6.45, 7) is 1.10. The maximum absolute atomic E-state index is 11.7. The van der Waals surface area contributed by atoms with Gasteiger partial charge in [-0.2, -0.15) is 0 Å². The van der Waals surface area contributed by atoms with Gasteiger partial charge >= 0.3 is 5.97 Å². The number of carboxylic acid groups (broad SMARTS) is 1. The molecule has 0 heterocycles. The average Bonchev–Trinajstić information content (AvgIpc) is 2.45. The summed E-state index contributed by atoms with van der Waals surface area (Å²) in [5.41, 5.74) is 6.44. The van der Waals surface area contributed by atoms with Gasteiger partial charge in [0.05, 0.1) is 10.6 Å². The van der Waals surface area contributed by atoms with E-state index in [2.05, 4.69) is 5.32 Å². The lowest BCUT2D eigenvalue weighted by atomic mass is 10.0. The van der Waals surface area contributed by atoms with E-state index in [9.17, 15) is 18.0 Å². The van der Waals surface area contributed by atoms with Crippen LogP contribution in [0.4, 0.5) is 0 Å². The van der Waals surface area contributed by atoms with Crippen LogP contribution >= 0.6 is 0 Å². The number of nitrogens with two attached hydrogens (primary N) is 1. The Hall–Kier alpha value is -1.93. The highest BCUT2D eigenvalue weighted by Crippen LogP contribution is 2.18. The zero-order valence-corrected chi connectivity index (χ0v) is 12.4. The van der Waals surface area contributed by atoms with Crippen LogP contribution in [-0.2, 0) is 19.4 Å². The van der Waals surface area contributed by atoms with Crippen LogP contribution in [0.3, 0.4) is 0 Å². The van der Waals surface area contributed by atoms with E-state index in [1.54, 1.807) is 19.1 Å². The van der Waals surface area contributed by atoms with Crippen molar-refractivity contribution in [2.24, 2.45) is 5.73 Å². The second-order valence-corrected chi connectivity index (χ2v) is 6.73. The topological polar surface area (TPSA) is 127 Å². The molecule has 21 heavy (non-hydrogen) atoms. The van der Waals surface area contributed by atoms with E-state index in [-0.39, 0.29) is 17.1 Å². The lowest BCUT2D eigenvalue weighted by Gasteiger charge is -2.12. The second kappa shape index (κ2) is 7.19. The third kappa shape index (κ3) is 5.16. The Kier molecular flexibility index (Phi) is 5.86. The number of hydrogen-bond acceptors (Lipinski definition) is 5. The number of benzene rings is 1. The Labute approximate surface area is 123 Å². The highest BCUT2D eigenvalue weighted by atomic mass is 32.2. The zero-order chi connectivity index (χ0) is 16.0. The van der Waals surface area contributed by atoms with E-state index in [0.717, 1.165) is 0 Å². The molecule has 1 amide bonds. The number of aliphatic carboxylic acids is 1. The molecule has 1 atom stereocenters. The molecule has 0 fully saturated rings. The summed E-state index contributed by atoms with van der Waals surface area (Å²) < 4.78 is 23.3. The minimum Gasteiger partial charge on any atom is -0.480 e. The van der Waals surface area contributed by atoms with Crippen molar-refractivity contribution in [1.82, 2.24) is 5.32 Å². The summed E-state index contributed by atoms with van der Waals surface area (Å²) >= 11 is 0. The number of carboxylic acids is 1. The predicted molar refractivity (Wildman–Crippen MR) is 76.4 cm³/mol. The second-order valence-electron chi connectivity index (χ2n) is 4.45. The molecular weight excluding hydrogens is 296 g/mol. The van der Waals surface area contributed by atoms with Crippen molar-refractivity contribution < 1.29 is 23.1 Å². The number of amides is 1. The molecule has 4 N–H and O–H groups in total. The summed E-state index contributed by atoms with van der Waals surface area (Å²) in [6.07, 6.45) is -0.0762. The van der Waals surface area contributed by atoms with Gasteiger partial charge in [0.25, 0.3) is 0 Å². The molecule has 0 saturated heterocycles. The summed E-state index contributed by atoms with van der Waals surface area (Å²) in [5.74, 6) is -1.60. The third-order valence-electron chi connectivity index (χ3n) is 2.89. The first-order valence-electron chi connectivity index (χ1n) is 6.33.